The van der Waals surface area contributed by atoms with Gasteiger partial charge in [0.25, 0.3) is 5.91 Å². The van der Waals surface area contributed by atoms with Gasteiger partial charge in [-0.1, -0.05) is 11.3 Å². The normalized spacial score (nSPS) is 18.6. The number of likely N-dealkylation sites (tertiary alicyclic amines) is 1. The Morgan fingerprint density at radius 2 is 1.88 bits per heavy atom. The van der Waals surface area contributed by atoms with Crippen molar-refractivity contribution >= 4 is 34.2 Å². The standard InChI is InChI=1S/C27H28F4N6O3S/c1-15-3-2-8-37(15)14-21-23(17-4-5-19(28)18(11-17)27(29,30)31)34-26(41-21)35-24(38)20-12-33-22(13-32-20)36-9-6-16(7-10-36)25(39)40/h4-5,11-13,15-16H,2-3,6-10,14H2,1H3,(H,39,40)(H,34,35,38)/t15-/m1/s1. The Balaban J connectivity index is 1.36. The van der Waals surface area contributed by atoms with Crippen molar-refractivity contribution in [2.75, 3.05) is 29.9 Å². The fourth-order valence-corrected chi connectivity index (χ4v) is 6.16. The van der Waals surface area contributed by atoms with E-state index in [1.807, 2.05) is 4.90 Å². The minimum atomic E-state index is -4.87. The number of carbonyl (C=O) groups is 2. The van der Waals surface area contributed by atoms with Gasteiger partial charge in [0.1, 0.15) is 17.3 Å². The summed E-state index contributed by atoms with van der Waals surface area (Å²) in [5.41, 5.74) is -1.01. The number of amides is 1. The molecule has 1 aromatic carbocycles. The maximum absolute atomic E-state index is 14.0. The van der Waals surface area contributed by atoms with Crippen LogP contribution < -0.4 is 10.2 Å². The number of aromatic nitrogens is 3. The molecule has 41 heavy (non-hydrogen) atoms. The minimum absolute atomic E-state index is 0.0155. The first-order valence-electron chi connectivity index (χ1n) is 13.2. The molecule has 0 radical (unpaired) electrons. The Labute approximate surface area is 237 Å². The molecule has 14 heteroatoms. The number of carbonyl (C=O) groups excluding carboxylic acids is 1. The van der Waals surface area contributed by atoms with Crippen LogP contribution in [0.4, 0.5) is 28.5 Å². The van der Waals surface area contributed by atoms with Crippen LogP contribution in [-0.2, 0) is 17.5 Å². The highest BCUT2D eigenvalue weighted by Crippen LogP contribution is 2.38. The van der Waals surface area contributed by atoms with Crippen molar-refractivity contribution in [3.05, 3.63) is 52.5 Å². The molecule has 2 N–H and O–H groups in total. The first-order valence-corrected chi connectivity index (χ1v) is 14.0. The minimum Gasteiger partial charge on any atom is -0.481 e. The van der Waals surface area contributed by atoms with Crippen LogP contribution >= 0.6 is 11.3 Å². The quantitative estimate of drug-likeness (QED) is 0.356. The number of hydrogen-bond acceptors (Lipinski definition) is 8. The number of carboxylic acid groups (broad SMARTS) is 1. The molecule has 3 aromatic rings. The van der Waals surface area contributed by atoms with Gasteiger partial charge in [-0.25, -0.2) is 19.3 Å². The number of halogens is 4. The molecule has 1 amide bonds. The van der Waals surface area contributed by atoms with E-state index in [-0.39, 0.29) is 34.0 Å². The van der Waals surface area contributed by atoms with Crippen LogP contribution in [0.1, 0.15) is 53.5 Å². The second-order valence-electron chi connectivity index (χ2n) is 10.3. The molecule has 0 saturated carbocycles. The summed E-state index contributed by atoms with van der Waals surface area (Å²) >= 11 is 1.15. The molecule has 2 aromatic heterocycles. The summed E-state index contributed by atoms with van der Waals surface area (Å²) in [7, 11) is 0. The van der Waals surface area contributed by atoms with Crippen LogP contribution in [0.3, 0.4) is 0 Å². The van der Waals surface area contributed by atoms with Crippen LogP contribution in [0.15, 0.2) is 30.6 Å². The molecular weight excluding hydrogens is 564 g/mol. The number of piperidine rings is 1. The fourth-order valence-electron chi connectivity index (χ4n) is 5.16. The number of aliphatic carboxylic acids is 1. The molecule has 0 spiro atoms. The predicted molar refractivity (Wildman–Crippen MR) is 144 cm³/mol. The molecule has 2 fully saturated rings. The number of nitrogens with one attached hydrogen (secondary N) is 1. The van der Waals surface area contributed by atoms with E-state index < -0.39 is 29.4 Å². The van der Waals surface area contributed by atoms with Crippen molar-refractivity contribution in [3.63, 3.8) is 0 Å². The highest BCUT2D eigenvalue weighted by Gasteiger charge is 2.35. The van der Waals surface area contributed by atoms with Gasteiger partial charge in [0.2, 0.25) is 0 Å². The number of nitrogens with zero attached hydrogens (tertiary/aromatic N) is 5. The second-order valence-corrected chi connectivity index (χ2v) is 11.3. The lowest BCUT2D eigenvalue weighted by molar-refractivity contribution is -0.142. The molecular formula is C27H28F4N6O3S. The summed E-state index contributed by atoms with van der Waals surface area (Å²) in [4.78, 5) is 41.9. The van der Waals surface area contributed by atoms with Crippen LogP contribution in [-0.4, -0.2) is 62.5 Å². The zero-order valence-corrected chi connectivity index (χ0v) is 22.9. The molecule has 2 aliphatic heterocycles. The molecule has 5 rings (SSSR count). The van der Waals surface area contributed by atoms with Gasteiger partial charge in [0.15, 0.2) is 5.13 Å². The lowest BCUT2D eigenvalue weighted by atomic mass is 9.97. The van der Waals surface area contributed by atoms with E-state index in [0.29, 0.717) is 43.2 Å². The number of carboxylic acids is 1. The van der Waals surface area contributed by atoms with Gasteiger partial charge in [0, 0.05) is 36.1 Å². The third-order valence-electron chi connectivity index (χ3n) is 7.54. The van der Waals surface area contributed by atoms with Gasteiger partial charge in [-0.05, 0) is 57.4 Å². The summed E-state index contributed by atoms with van der Waals surface area (Å²) < 4.78 is 54.2. The first kappa shape index (κ1) is 28.9. The van der Waals surface area contributed by atoms with E-state index in [4.69, 9.17) is 0 Å². The Bertz CT molecular complexity index is 1420. The van der Waals surface area contributed by atoms with Gasteiger partial charge >= 0.3 is 12.1 Å². The van der Waals surface area contributed by atoms with Crippen molar-refractivity contribution in [2.24, 2.45) is 5.92 Å². The number of hydrogen-bond donors (Lipinski definition) is 2. The van der Waals surface area contributed by atoms with Gasteiger partial charge in [-0.2, -0.15) is 13.2 Å². The lowest BCUT2D eigenvalue weighted by Crippen LogP contribution is -2.36. The Hall–Kier alpha value is -3.65. The van der Waals surface area contributed by atoms with Crippen molar-refractivity contribution in [2.45, 2.75) is 51.4 Å². The van der Waals surface area contributed by atoms with E-state index in [1.165, 1.54) is 18.5 Å². The van der Waals surface area contributed by atoms with E-state index in [9.17, 15) is 32.3 Å². The third-order valence-corrected chi connectivity index (χ3v) is 8.49. The summed E-state index contributed by atoms with van der Waals surface area (Å²) in [6.07, 6.45) is 0.864. The third kappa shape index (κ3) is 6.48. The van der Waals surface area contributed by atoms with Gasteiger partial charge in [-0.15, -0.1) is 0 Å². The summed E-state index contributed by atoms with van der Waals surface area (Å²) in [5, 5.41) is 12.0. The largest absolute Gasteiger partial charge is 0.481 e. The molecule has 1 atom stereocenters. The summed E-state index contributed by atoms with van der Waals surface area (Å²) in [6, 6.07) is 3.06. The molecule has 0 unspecified atom stereocenters. The Morgan fingerprint density at radius 3 is 2.49 bits per heavy atom. The molecule has 9 nitrogen and oxygen atoms in total. The highest BCUT2D eigenvalue weighted by atomic mass is 32.1. The zero-order valence-electron chi connectivity index (χ0n) is 22.1. The fraction of sp³-hybridized carbons (Fsp3) is 0.444. The number of alkyl halides is 3. The van der Waals surface area contributed by atoms with Crippen molar-refractivity contribution in [3.8, 4) is 11.3 Å². The topological polar surface area (TPSA) is 112 Å². The van der Waals surface area contributed by atoms with Crippen molar-refractivity contribution < 1.29 is 32.3 Å². The van der Waals surface area contributed by atoms with E-state index >= 15 is 0 Å². The maximum Gasteiger partial charge on any atom is 0.419 e. The monoisotopic (exact) mass is 592 g/mol. The number of thiazole rings is 1. The smallest absolute Gasteiger partial charge is 0.419 e. The van der Waals surface area contributed by atoms with E-state index in [1.54, 1.807) is 0 Å². The van der Waals surface area contributed by atoms with Crippen LogP contribution in [0.2, 0.25) is 0 Å². The summed E-state index contributed by atoms with van der Waals surface area (Å²) in [6.45, 7) is 4.35. The van der Waals surface area contributed by atoms with Gasteiger partial charge in [-0.3, -0.25) is 19.8 Å². The maximum atomic E-state index is 14.0. The van der Waals surface area contributed by atoms with Crippen LogP contribution in [0.5, 0.6) is 0 Å². The van der Waals surface area contributed by atoms with Gasteiger partial charge in [0.05, 0.1) is 29.6 Å². The second kappa shape index (κ2) is 11.7. The van der Waals surface area contributed by atoms with Crippen LogP contribution in [0.25, 0.3) is 11.3 Å². The lowest BCUT2D eigenvalue weighted by Gasteiger charge is -2.30. The SMILES string of the molecule is C[C@@H]1CCCN1Cc1sc(NC(=O)c2cnc(N3CCC(C(=O)O)CC3)cn2)nc1-c1ccc(F)c(C(F)(F)F)c1. The molecule has 218 valence electrons. The average Bonchev–Trinajstić information content (AvgIpc) is 3.53. The van der Waals surface area contributed by atoms with Crippen molar-refractivity contribution in [1.29, 1.82) is 0 Å². The number of anilines is 2. The van der Waals surface area contributed by atoms with E-state index in [2.05, 4.69) is 32.1 Å². The highest BCUT2D eigenvalue weighted by molar-refractivity contribution is 7.16. The molecule has 0 bridgehead atoms. The average molecular weight is 593 g/mol. The van der Waals surface area contributed by atoms with E-state index in [0.717, 1.165) is 42.9 Å². The first-order chi connectivity index (χ1) is 19.5. The Kier molecular flexibility index (Phi) is 8.23. The van der Waals surface area contributed by atoms with Crippen LogP contribution in [0, 0.1) is 11.7 Å². The molecule has 2 saturated heterocycles. The molecule has 2 aliphatic rings. The number of benzene rings is 1. The Morgan fingerprint density at radius 1 is 1.12 bits per heavy atom. The zero-order chi connectivity index (χ0) is 29.3. The summed E-state index contributed by atoms with van der Waals surface area (Å²) in [5.74, 6) is -2.63. The molecule has 4 heterocycles. The van der Waals surface area contributed by atoms with Crippen molar-refractivity contribution in [1.82, 2.24) is 19.9 Å². The number of rotatable bonds is 7. The van der Waals surface area contributed by atoms with Gasteiger partial charge < -0.3 is 10.0 Å². The predicted octanol–water partition coefficient (Wildman–Crippen LogP) is 5.30. The molecule has 0 aliphatic carbocycles.